The maximum absolute atomic E-state index is 12.7. The molecule has 1 heterocycles. The highest BCUT2D eigenvalue weighted by molar-refractivity contribution is 5.78. The van der Waals surface area contributed by atoms with E-state index in [0.717, 1.165) is 54.8 Å². The molecule has 2 aromatic rings. The third-order valence-electron chi connectivity index (χ3n) is 7.75. The van der Waals surface area contributed by atoms with E-state index < -0.39 is 0 Å². The lowest BCUT2D eigenvalue weighted by atomic mass is 9.69. The summed E-state index contributed by atoms with van der Waals surface area (Å²) in [5, 5.41) is 3.31. The Kier molecular flexibility index (Phi) is 7.22. The lowest BCUT2D eigenvalue weighted by Crippen LogP contribution is -2.39. The van der Waals surface area contributed by atoms with Crippen molar-refractivity contribution in [2.75, 3.05) is 13.7 Å². The SMILES string of the molecule is COc1ccc2nc(C[C@@H]3C[C@@H](C(C)C)[C@H](CNC(=O)C4CCCCC4)C=C3C)[nH]c2c1. The van der Waals surface area contributed by atoms with E-state index in [2.05, 4.69) is 37.1 Å². The van der Waals surface area contributed by atoms with Crippen molar-refractivity contribution < 1.29 is 9.53 Å². The molecule has 0 bridgehead atoms. The zero-order chi connectivity index (χ0) is 22.7. The van der Waals surface area contributed by atoms with Gasteiger partial charge in [-0.25, -0.2) is 4.98 Å². The third-order valence-corrected chi connectivity index (χ3v) is 7.75. The summed E-state index contributed by atoms with van der Waals surface area (Å²) in [6.45, 7) is 7.66. The topological polar surface area (TPSA) is 67.0 Å². The number of imidazole rings is 1. The summed E-state index contributed by atoms with van der Waals surface area (Å²) in [4.78, 5) is 21.0. The van der Waals surface area contributed by atoms with Crippen LogP contribution in [0, 0.1) is 29.6 Å². The molecule has 0 spiro atoms. The van der Waals surface area contributed by atoms with E-state index in [0.29, 0.717) is 23.7 Å². The van der Waals surface area contributed by atoms with Gasteiger partial charge in [0, 0.05) is 24.9 Å². The minimum absolute atomic E-state index is 0.231. The number of allylic oxidation sites excluding steroid dienone is 1. The normalized spacial score (nSPS) is 24.5. The van der Waals surface area contributed by atoms with E-state index in [4.69, 9.17) is 9.72 Å². The number of fused-ring (bicyclic) bond motifs is 1. The van der Waals surface area contributed by atoms with Crippen molar-refractivity contribution in [3.8, 4) is 5.75 Å². The summed E-state index contributed by atoms with van der Waals surface area (Å²) in [7, 11) is 1.69. The Morgan fingerprint density at radius 3 is 2.75 bits per heavy atom. The maximum atomic E-state index is 12.7. The average Bonchev–Trinajstić information content (AvgIpc) is 3.20. The maximum Gasteiger partial charge on any atom is 0.223 e. The van der Waals surface area contributed by atoms with Crippen LogP contribution in [-0.2, 0) is 11.2 Å². The Morgan fingerprint density at radius 2 is 2.03 bits per heavy atom. The van der Waals surface area contributed by atoms with Crippen molar-refractivity contribution >= 4 is 16.9 Å². The van der Waals surface area contributed by atoms with E-state index in [1.165, 1.54) is 24.8 Å². The zero-order valence-corrected chi connectivity index (χ0v) is 20.1. The Morgan fingerprint density at radius 1 is 1.25 bits per heavy atom. The largest absolute Gasteiger partial charge is 0.497 e. The second kappa shape index (κ2) is 10.1. The average molecular weight is 438 g/mol. The molecular weight excluding hydrogens is 398 g/mol. The van der Waals surface area contributed by atoms with Crippen LogP contribution < -0.4 is 10.1 Å². The first-order chi connectivity index (χ1) is 15.4. The Hall–Kier alpha value is -2.30. The van der Waals surface area contributed by atoms with Crippen LogP contribution >= 0.6 is 0 Å². The molecule has 1 amide bonds. The van der Waals surface area contributed by atoms with Gasteiger partial charge in [-0.3, -0.25) is 4.79 Å². The molecule has 2 N–H and O–H groups in total. The van der Waals surface area contributed by atoms with Crippen LogP contribution in [0.2, 0.25) is 0 Å². The minimum Gasteiger partial charge on any atom is -0.497 e. The third kappa shape index (κ3) is 5.19. The highest BCUT2D eigenvalue weighted by Gasteiger charge is 2.33. The molecule has 174 valence electrons. The molecule has 0 unspecified atom stereocenters. The van der Waals surface area contributed by atoms with Crippen LogP contribution in [0.1, 0.15) is 65.1 Å². The number of ether oxygens (including phenoxy) is 1. The second-order valence-electron chi connectivity index (χ2n) is 10.3. The lowest BCUT2D eigenvalue weighted by molar-refractivity contribution is -0.126. The van der Waals surface area contributed by atoms with Crippen molar-refractivity contribution in [1.82, 2.24) is 15.3 Å². The summed E-state index contributed by atoms with van der Waals surface area (Å²) in [5.41, 5.74) is 3.44. The zero-order valence-electron chi connectivity index (χ0n) is 20.1. The molecule has 1 fully saturated rings. The summed E-state index contributed by atoms with van der Waals surface area (Å²) in [6, 6.07) is 5.98. The number of carbonyl (C=O) groups is 1. The Labute approximate surface area is 192 Å². The molecule has 32 heavy (non-hydrogen) atoms. The van der Waals surface area contributed by atoms with E-state index in [-0.39, 0.29) is 11.8 Å². The number of nitrogens with zero attached hydrogens (tertiary/aromatic N) is 1. The van der Waals surface area contributed by atoms with Gasteiger partial charge < -0.3 is 15.0 Å². The second-order valence-corrected chi connectivity index (χ2v) is 10.3. The molecule has 0 radical (unpaired) electrons. The van der Waals surface area contributed by atoms with E-state index in [1.807, 2.05) is 18.2 Å². The number of benzene rings is 1. The van der Waals surface area contributed by atoms with Gasteiger partial charge in [0.1, 0.15) is 11.6 Å². The molecule has 4 rings (SSSR count). The summed E-state index contributed by atoms with van der Waals surface area (Å²) in [5.74, 6) is 4.44. The number of aromatic nitrogens is 2. The first-order valence-electron chi connectivity index (χ1n) is 12.4. The number of methoxy groups -OCH3 is 1. The smallest absolute Gasteiger partial charge is 0.223 e. The molecule has 1 aromatic carbocycles. The van der Waals surface area contributed by atoms with Gasteiger partial charge in [-0.15, -0.1) is 0 Å². The number of hydrogen-bond donors (Lipinski definition) is 2. The monoisotopic (exact) mass is 437 g/mol. The molecule has 3 atom stereocenters. The highest BCUT2D eigenvalue weighted by atomic mass is 16.5. The Balaban J connectivity index is 1.43. The number of carbonyl (C=O) groups excluding carboxylic acids is 1. The van der Waals surface area contributed by atoms with Gasteiger partial charge in [-0.05, 0) is 62.0 Å². The van der Waals surface area contributed by atoms with Crippen LogP contribution in [0.4, 0.5) is 0 Å². The van der Waals surface area contributed by atoms with Crippen molar-refractivity contribution in [2.45, 2.75) is 65.7 Å². The fraction of sp³-hybridized carbons (Fsp3) is 0.630. The lowest BCUT2D eigenvalue weighted by Gasteiger charge is -2.37. The van der Waals surface area contributed by atoms with Crippen LogP contribution in [0.3, 0.4) is 0 Å². The highest BCUT2D eigenvalue weighted by Crippen LogP contribution is 2.39. The van der Waals surface area contributed by atoms with Crippen molar-refractivity contribution in [2.24, 2.45) is 29.6 Å². The quantitative estimate of drug-likeness (QED) is 0.549. The molecule has 5 heteroatoms. The van der Waals surface area contributed by atoms with E-state index in [1.54, 1.807) is 7.11 Å². The van der Waals surface area contributed by atoms with Gasteiger partial charge in [-0.1, -0.05) is 44.8 Å². The fourth-order valence-electron chi connectivity index (χ4n) is 5.73. The van der Waals surface area contributed by atoms with E-state index in [9.17, 15) is 4.79 Å². The van der Waals surface area contributed by atoms with Gasteiger partial charge in [0.15, 0.2) is 0 Å². The molecule has 0 aliphatic heterocycles. The number of aromatic amines is 1. The molecule has 2 aliphatic carbocycles. The molecule has 2 aliphatic rings. The number of hydrogen-bond acceptors (Lipinski definition) is 3. The van der Waals surface area contributed by atoms with Crippen molar-refractivity contribution in [3.63, 3.8) is 0 Å². The summed E-state index contributed by atoms with van der Waals surface area (Å²) < 4.78 is 5.34. The molecule has 5 nitrogen and oxygen atoms in total. The van der Waals surface area contributed by atoms with Crippen LogP contribution in [0.25, 0.3) is 11.0 Å². The first kappa shape index (κ1) is 22.9. The van der Waals surface area contributed by atoms with Gasteiger partial charge in [-0.2, -0.15) is 0 Å². The molecular formula is C27H39N3O2. The van der Waals surface area contributed by atoms with Gasteiger partial charge in [0.05, 0.1) is 18.1 Å². The fourth-order valence-corrected chi connectivity index (χ4v) is 5.73. The number of H-pyrrole nitrogens is 1. The summed E-state index contributed by atoms with van der Waals surface area (Å²) in [6.07, 6.45) is 10.3. The Bertz CT molecular complexity index is 955. The van der Waals surface area contributed by atoms with Gasteiger partial charge in [0.2, 0.25) is 5.91 Å². The van der Waals surface area contributed by atoms with Crippen LogP contribution in [0.15, 0.2) is 29.8 Å². The minimum atomic E-state index is 0.231. The van der Waals surface area contributed by atoms with Crippen molar-refractivity contribution in [3.05, 3.63) is 35.7 Å². The van der Waals surface area contributed by atoms with Crippen LogP contribution in [-0.4, -0.2) is 29.5 Å². The predicted octanol–water partition coefficient (Wildman–Crippen LogP) is 5.67. The number of nitrogens with one attached hydrogen (secondary N) is 2. The standard InChI is InChI=1S/C27H39N3O2/c1-17(2)23-13-20(14-26-29-24-11-10-22(32-4)15-25(24)30-26)18(3)12-21(23)16-28-27(31)19-8-6-5-7-9-19/h10-12,15,17,19-21,23H,5-9,13-14,16H2,1-4H3,(H,28,31)(H,29,30)/t20-,21-,23-/m0/s1. The van der Waals surface area contributed by atoms with Gasteiger partial charge in [0.25, 0.3) is 0 Å². The molecule has 0 saturated heterocycles. The van der Waals surface area contributed by atoms with E-state index >= 15 is 0 Å². The van der Waals surface area contributed by atoms with Gasteiger partial charge >= 0.3 is 0 Å². The first-order valence-corrected chi connectivity index (χ1v) is 12.4. The molecule has 1 aromatic heterocycles. The summed E-state index contributed by atoms with van der Waals surface area (Å²) >= 11 is 0. The number of amides is 1. The van der Waals surface area contributed by atoms with Crippen LogP contribution in [0.5, 0.6) is 5.75 Å². The number of rotatable bonds is 7. The predicted molar refractivity (Wildman–Crippen MR) is 130 cm³/mol. The van der Waals surface area contributed by atoms with Crippen molar-refractivity contribution in [1.29, 1.82) is 0 Å². The molecule has 1 saturated carbocycles.